The molecule has 0 bridgehead atoms. The molecule has 0 N–H and O–H groups in total. The monoisotopic (exact) mass is 312 g/mol. The molecule has 8 heteroatoms. The molecule has 0 fully saturated rings. The molecule has 0 saturated heterocycles. The van der Waals surface area contributed by atoms with Crippen LogP contribution in [-0.2, 0) is 19.1 Å². The van der Waals surface area contributed by atoms with E-state index in [2.05, 4.69) is 14.7 Å². The fourth-order valence-corrected chi connectivity index (χ4v) is 3.02. The van der Waals surface area contributed by atoms with Crippen molar-refractivity contribution < 1.29 is 19.1 Å². The Morgan fingerprint density at radius 3 is 3.00 bits per heavy atom. The summed E-state index contributed by atoms with van der Waals surface area (Å²) in [6, 6.07) is 1.91. The summed E-state index contributed by atoms with van der Waals surface area (Å²) in [6.07, 6.45) is 0.559. The number of methoxy groups -OCH3 is 1. The Balaban J connectivity index is 1.93. The molecule has 1 atom stereocenters. The first-order valence-corrected chi connectivity index (χ1v) is 7.56. The third kappa shape index (κ3) is 3.45. The number of hydrogen-bond acceptors (Lipinski definition) is 8. The minimum Gasteiger partial charge on any atom is -0.466 e. The molecule has 1 unspecified atom stereocenters. The van der Waals surface area contributed by atoms with Gasteiger partial charge in [-0.1, -0.05) is 11.8 Å². The van der Waals surface area contributed by atoms with E-state index in [0.29, 0.717) is 0 Å². The number of esters is 2. The molecule has 0 aliphatic rings. The molecule has 0 aliphatic heterocycles. The number of fused-ring (bicyclic) bond motifs is 1. The van der Waals surface area contributed by atoms with Gasteiger partial charge in [0.15, 0.2) is 6.10 Å². The molecule has 20 heavy (non-hydrogen) atoms. The van der Waals surface area contributed by atoms with Crippen molar-refractivity contribution in [3.05, 3.63) is 17.8 Å². The van der Waals surface area contributed by atoms with E-state index < -0.39 is 18.0 Å². The van der Waals surface area contributed by atoms with Gasteiger partial charge in [0, 0.05) is 5.39 Å². The van der Waals surface area contributed by atoms with Crippen LogP contribution in [0.1, 0.15) is 6.92 Å². The highest BCUT2D eigenvalue weighted by Gasteiger charge is 2.18. The summed E-state index contributed by atoms with van der Waals surface area (Å²) in [4.78, 5) is 31.9. The molecule has 0 aromatic carbocycles. The Morgan fingerprint density at radius 1 is 1.45 bits per heavy atom. The van der Waals surface area contributed by atoms with Crippen molar-refractivity contribution in [2.75, 3.05) is 12.9 Å². The third-order valence-electron chi connectivity index (χ3n) is 2.39. The number of thiophene rings is 1. The van der Waals surface area contributed by atoms with E-state index in [0.717, 1.165) is 15.2 Å². The molecule has 0 radical (unpaired) electrons. The molecule has 2 heterocycles. The Bertz CT molecular complexity index is 629. The zero-order valence-electron chi connectivity index (χ0n) is 10.9. The van der Waals surface area contributed by atoms with E-state index in [4.69, 9.17) is 4.74 Å². The van der Waals surface area contributed by atoms with Gasteiger partial charge < -0.3 is 9.47 Å². The fraction of sp³-hybridized carbons (Fsp3) is 0.333. The van der Waals surface area contributed by atoms with Crippen LogP contribution >= 0.6 is 23.1 Å². The first-order chi connectivity index (χ1) is 9.61. The molecule has 0 spiro atoms. The Labute approximate surface area is 123 Å². The summed E-state index contributed by atoms with van der Waals surface area (Å²) in [5, 5.41) is 3.55. The van der Waals surface area contributed by atoms with Crippen LogP contribution in [0, 0.1) is 0 Å². The largest absolute Gasteiger partial charge is 0.466 e. The van der Waals surface area contributed by atoms with Gasteiger partial charge in [-0.2, -0.15) is 0 Å². The summed E-state index contributed by atoms with van der Waals surface area (Å²) >= 11 is 2.76. The van der Waals surface area contributed by atoms with Gasteiger partial charge in [0.05, 0.1) is 12.9 Å². The van der Waals surface area contributed by atoms with Gasteiger partial charge in [-0.3, -0.25) is 4.79 Å². The van der Waals surface area contributed by atoms with E-state index >= 15 is 0 Å². The van der Waals surface area contributed by atoms with Crippen LogP contribution in [-0.4, -0.2) is 40.9 Å². The molecule has 6 nitrogen and oxygen atoms in total. The number of ether oxygens (including phenoxy) is 2. The fourth-order valence-electron chi connectivity index (χ4n) is 1.45. The number of nitrogens with zero attached hydrogens (tertiary/aromatic N) is 2. The Morgan fingerprint density at radius 2 is 2.25 bits per heavy atom. The van der Waals surface area contributed by atoms with Crippen molar-refractivity contribution in [1.29, 1.82) is 0 Å². The van der Waals surface area contributed by atoms with E-state index in [1.54, 1.807) is 0 Å². The minimum absolute atomic E-state index is 0.0727. The highest BCUT2D eigenvalue weighted by molar-refractivity contribution is 8.00. The van der Waals surface area contributed by atoms with Gasteiger partial charge in [-0.15, -0.1) is 11.3 Å². The lowest BCUT2D eigenvalue weighted by atomic mass is 10.4. The highest BCUT2D eigenvalue weighted by Crippen LogP contribution is 2.27. The minimum atomic E-state index is -0.903. The van der Waals surface area contributed by atoms with E-state index in [-0.39, 0.29) is 5.75 Å². The second-order valence-corrected chi connectivity index (χ2v) is 5.62. The van der Waals surface area contributed by atoms with Gasteiger partial charge in [0.2, 0.25) is 0 Å². The molecular formula is C12H12N2O4S2. The van der Waals surface area contributed by atoms with Gasteiger partial charge in [0.1, 0.15) is 16.2 Å². The number of hydrogen-bond donors (Lipinski definition) is 0. The van der Waals surface area contributed by atoms with Gasteiger partial charge in [0.25, 0.3) is 0 Å². The Kier molecular flexibility index (Phi) is 4.91. The topological polar surface area (TPSA) is 78.4 Å². The lowest BCUT2D eigenvalue weighted by Crippen LogP contribution is -2.26. The standard InChI is InChI=1S/C12H12N2O4S2/c1-7(12(16)17-2)18-9(15)5-20-11-8-3-4-19-10(8)13-6-14-11/h3-4,6-7H,5H2,1-2H3. The van der Waals surface area contributed by atoms with Gasteiger partial charge in [-0.25, -0.2) is 14.8 Å². The summed E-state index contributed by atoms with van der Waals surface area (Å²) in [5.74, 6) is -0.996. The quantitative estimate of drug-likeness (QED) is 0.474. The second kappa shape index (κ2) is 6.67. The average molecular weight is 312 g/mol. The molecule has 0 aliphatic carbocycles. The lowest BCUT2D eigenvalue weighted by Gasteiger charge is -2.10. The van der Waals surface area contributed by atoms with Gasteiger partial charge >= 0.3 is 11.9 Å². The van der Waals surface area contributed by atoms with Crippen molar-refractivity contribution in [2.24, 2.45) is 0 Å². The summed E-state index contributed by atoms with van der Waals surface area (Å²) in [6.45, 7) is 1.47. The molecular weight excluding hydrogens is 300 g/mol. The van der Waals surface area contributed by atoms with Crippen LogP contribution in [0.4, 0.5) is 0 Å². The SMILES string of the molecule is COC(=O)C(C)OC(=O)CSc1ncnc2sccc12. The average Bonchev–Trinajstić information content (AvgIpc) is 2.92. The molecule has 0 amide bonds. The number of carbonyl (C=O) groups is 2. The number of thioether (sulfide) groups is 1. The molecule has 106 valence electrons. The van der Waals surface area contributed by atoms with Crippen LogP contribution < -0.4 is 0 Å². The maximum Gasteiger partial charge on any atom is 0.346 e. The van der Waals surface area contributed by atoms with Crippen molar-refractivity contribution in [3.8, 4) is 0 Å². The predicted molar refractivity (Wildman–Crippen MR) is 75.7 cm³/mol. The molecule has 0 saturated carbocycles. The summed E-state index contributed by atoms with van der Waals surface area (Å²) < 4.78 is 9.42. The summed E-state index contributed by atoms with van der Waals surface area (Å²) in [5.41, 5.74) is 0. The zero-order valence-corrected chi connectivity index (χ0v) is 12.5. The third-order valence-corrected chi connectivity index (χ3v) is 4.19. The van der Waals surface area contributed by atoms with Crippen LogP contribution in [0.3, 0.4) is 0 Å². The van der Waals surface area contributed by atoms with E-state index in [1.165, 1.54) is 43.5 Å². The van der Waals surface area contributed by atoms with Crippen LogP contribution in [0.25, 0.3) is 10.2 Å². The number of rotatable bonds is 5. The maximum absolute atomic E-state index is 11.6. The summed E-state index contributed by atoms with van der Waals surface area (Å²) in [7, 11) is 1.25. The highest BCUT2D eigenvalue weighted by atomic mass is 32.2. The predicted octanol–water partition coefficient (Wildman–Crippen LogP) is 1.89. The first-order valence-electron chi connectivity index (χ1n) is 5.70. The normalized spacial score (nSPS) is 12.1. The van der Waals surface area contributed by atoms with Crippen molar-refractivity contribution in [3.63, 3.8) is 0 Å². The van der Waals surface area contributed by atoms with E-state index in [1.807, 2.05) is 11.4 Å². The van der Waals surface area contributed by atoms with Crippen molar-refractivity contribution in [1.82, 2.24) is 9.97 Å². The second-order valence-electron chi connectivity index (χ2n) is 3.76. The smallest absolute Gasteiger partial charge is 0.346 e. The van der Waals surface area contributed by atoms with Crippen LogP contribution in [0.2, 0.25) is 0 Å². The molecule has 2 aromatic rings. The van der Waals surface area contributed by atoms with Gasteiger partial charge in [-0.05, 0) is 18.4 Å². The van der Waals surface area contributed by atoms with E-state index in [9.17, 15) is 9.59 Å². The number of carbonyl (C=O) groups excluding carboxylic acids is 2. The maximum atomic E-state index is 11.6. The first kappa shape index (κ1) is 14.7. The van der Waals surface area contributed by atoms with Crippen molar-refractivity contribution in [2.45, 2.75) is 18.1 Å². The lowest BCUT2D eigenvalue weighted by molar-refractivity contribution is -0.162. The molecule has 2 rings (SSSR count). The molecule has 2 aromatic heterocycles. The van der Waals surface area contributed by atoms with Crippen LogP contribution in [0.15, 0.2) is 22.8 Å². The zero-order chi connectivity index (χ0) is 14.5. The van der Waals surface area contributed by atoms with Crippen LogP contribution in [0.5, 0.6) is 0 Å². The van der Waals surface area contributed by atoms with Crippen molar-refractivity contribution >= 4 is 45.3 Å². The Hall–Kier alpha value is -1.67. The number of aromatic nitrogens is 2.